The number of sulfonamides is 1. The Hall–Kier alpha value is 0.380. The number of thiophene rings is 1. The summed E-state index contributed by atoms with van der Waals surface area (Å²) in [6.45, 7) is 1.88. The summed E-state index contributed by atoms with van der Waals surface area (Å²) in [5.74, 6) is 0. The van der Waals surface area contributed by atoms with Crippen LogP contribution in [0, 0.1) is 6.92 Å². The van der Waals surface area contributed by atoms with Crippen LogP contribution in [0.1, 0.15) is 31.2 Å². The third-order valence-corrected chi connectivity index (χ3v) is 7.71. The molecule has 0 amide bonds. The summed E-state index contributed by atoms with van der Waals surface area (Å²) in [5, 5.41) is -0.0991. The molecule has 3 nitrogen and oxygen atoms in total. The summed E-state index contributed by atoms with van der Waals surface area (Å²) in [4.78, 5) is 0. The van der Waals surface area contributed by atoms with Crippen LogP contribution in [-0.2, 0) is 10.0 Å². The molecule has 0 saturated heterocycles. The topological polar surface area (TPSA) is 46.2 Å². The second-order valence-electron chi connectivity index (χ2n) is 4.55. The van der Waals surface area contributed by atoms with E-state index in [0.717, 1.165) is 35.0 Å². The number of rotatable bonds is 3. The summed E-state index contributed by atoms with van der Waals surface area (Å²) >= 11 is 10.8. The van der Waals surface area contributed by atoms with E-state index in [-0.39, 0.29) is 11.4 Å². The first-order valence-corrected chi connectivity index (χ1v) is 9.35. The minimum atomic E-state index is -3.44. The van der Waals surface area contributed by atoms with Gasteiger partial charge < -0.3 is 0 Å². The summed E-state index contributed by atoms with van der Waals surface area (Å²) in [6, 6.07) is 1.54. The molecule has 2 rings (SSSR count). The van der Waals surface area contributed by atoms with Crippen LogP contribution in [0.15, 0.2) is 14.1 Å². The van der Waals surface area contributed by atoms with Crippen LogP contribution in [0.5, 0.6) is 0 Å². The Labute approximate surface area is 125 Å². The average molecular weight is 373 g/mol. The molecule has 1 heterocycles. The van der Waals surface area contributed by atoms with Crippen LogP contribution in [0.3, 0.4) is 0 Å². The average Bonchev–Trinajstić information content (AvgIpc) is 2.63. The van der Waals surface area contributed by atoms with Gasteiger partial charge in [0.2, 0.25) is 10.0 Å². The van der Waals surface area contributed by atoms with Crippen molar-refractivity contribution in [1.29, 1.82) is 0 Å². The molecule has 1 aromatic heterocycles. The zero-order valence-electron chi connectivity index (χ0n) is 9.95. The number of hydrogen-bond donors (Lipinski definition) is 1. The van der Waals surface area contributed by atoms with Crippen LogP contribution in [0.4, 0.5) is 0 Å². The van der Waals surface area contributed by atoms with E-state index in [1.54, 1.807) is 6.07 Å². The van der Waals surface area contributed by atoms with E-state index < -0.39 is 10.0 Å². The lowest BCUT2D eigenvalue weighted by atomic mass is 9.96. The number of nitrogens with one attached hydrogen (secondary N) is 1. The number of alkyl halides is 1. The van der Waals surface area contributed by atoms with Gasteiger partial charge in [0.05, 0.1) is 3.79 Å². The standard InChI is InChI=1S/C11H15BrClNO2S2/c1-7-6-10(17-11(7)12)18(15,16)14-9-5-3-2-4-8(9)13/h6,8-9,14H,2-5H2,1H3. The zero-order valence-corrected chi connectivity index (χ0v) is 13.9. The van der Waals surface area contributed by atoms with Crippen LogP contribution in [-0.4, -0.2) is 19.8 Å². The molecule has 7 heteroatoms. The van der Waals surface area contributed by atoms with E-state index in [0.29, 0.717) is 4.21 Å². The van der Waals surface area contributed by atoms with Crippen molar-refractivity contribution in [1.82, 2.24) is 4.72 Å². The van der Waals surface area contributed by atoms with Crippen molar-refractivity contribution in [2.75, 3.05) is 0 Å². The quantitative estimate of drug-likeness (QED) is 0.823. The maximum absolute atomic E-state index is 12.2. The monoisotopic (exact) mass is 371 g/mol. The normalized spacial score (nSPS) is 25.3. The Kier molecular flexibility index (Phi) is 4.75. The molecule has 1 fully saturated rings. The molecule has 0 radical (unpaired) electrons. The van der Waals surface area contributed by atoms with Gasteiger partial charge in [0.25, 0.3) is 0 Å². The summed E-state index contributed by atoms with van der Waals surface area (Å²) in [5.41, 5.74) is 0.937. The Bertz CT molecular complexity index is 510. The van der Waals surface area contributed by atoms with Crippen LogP contribution in [0.2, 0.25) is 0 Å². The van der Waals surface area contributed by atoms with Crippen LogP contribution >= 0.6 is 38.9 Å². The third kappa shape index (κ3) is 3.28. The van der Waals surface area contributed by atoms with Gasteiger partial charge in [0, 0.05) is 11.4 Å². The smallest absolute Gasteiger partial charge is 0.206 e. The minimum Gasteiger partial charge on any atom is -0.206 e. The van der Waals surface area contributed by atoms with Crippen molar-refractivity contribution in [3.05, 3.63) is 15.4 Å². The Morgan fingerprint density at radius 3 is 2.67 bits per heavy atom. The molecule has 1 aromatic rings. The maximum Gasteiger partial charge on any atom is 0.250 e. The van der Waals surface area contributed by atoms with Gasteiger partial charge in [-0.15, -0.1) is 22.9 Å². The van der Waals surface area contributed by atoms with E-state index in [4.69, 9.17) is 11.6 Å². The highest BCUT2D eigenvalue weighted by Crippen LogP contribution is 2.31. The predicted octanol–water partition coefficient (Wildman–Crippen LogP) is 3.65. The van der Waals surface area contributed by atoms with E-state index >= 15 is 0 Å². The van der Waals surface area contributed by atoms with Gasteiger partial charge in [-0.05, 0) is 47.3 Å². The highest BCUT2D eigenvalue weighted by Gasteiger charge is 2.29. The van der Waals surface area contributed by atoms with E-state index in [1.165, 1.54) is 11.3 Å². The van der Waals surface area contributed by atoms with Crippen molar-refractivity contribution in [3.63, 3.8) is 0 Å². The van der Waals surface area contributed by atoms with Gasteiger partial charge in [-0.2, -0.15) is 0 Å². The van der Waals surface area contributed by atoms with Gasteiger partial charge in [-0.3, -0.25) is 0 Å². The van der Waals surface area contributed by atoms with E-state index in [2.05, 4.69) is 20.7 Å². The molecule has 0 aromatic carbocycles. The van der Waals surface area contributed by atoms with Crippen LogP contribution in [0.25, 0.3) is 0 Å². The number of halogens is 2. The molecule has 18 heavy (non-hydrogen) atoms. The van der Waals surface area contributed by atoms with Gasteiger partial charge in [0.15, 0.2) is 0 Å². The lowest BCUT2D eigenvalue weighted by Crippen LogP contribution is -2.42. The minimum absolute atomic E-state index is 0.0991. The molecule has 102 valence electrons. The van der Waals surface area contributed by atoms with Gasteiger partial charge >= 0.3 is 0 Å². The fraction of sp³-hybridized carbons (Fsp3) is 0.636. The number of hydrogen-bond acceptors (Lipinski definition) is 3. The molecule has 2 unspecified atom stereocenters. The Balaban J connectivity index is 2.16. The first-order chi connectivity index (χ1) is 8.40. The summed E-state index contributed by atoms with van der Waals surface area (Å²) in [7, 11) is -3.44. The second-order valence-corrected chi connectivity index (χ2v) is 9.42. The molecular weight excluding hydrogens is 358 g/mol. The molecule has 0 aliphatic heterocycles. The molecule has 1 saturated carbocycles. The fourth-order valence-corrected chi connectivity index (χ4v) is 6.01. The van der Waals surface area contributed by atoms with Gasteiger partial charge in [-0.1, -0.05) is 12.8 Å². The lowest BCUT2D eigenvalue weighted by Gasteiger charge is -2.27. The summed E-state index contributed by atoms with van der Waals surface area (Å²) in [6.07, 6.45) is 3.81. The largest absolute Gasteiger partial charge is 0.250 e. The Morgan fingerprint density at radius 1 is 1.44 bits per heavy atom. The molecular formula is C11H15BrClNO2S2. The molecule has 1 N–H and O–H groups in total. The second kappa shape index (κ2) is 5.79. The maximum atomic E-state index is 12.2. The van der Waals surface area contributed by atoms with Crippen molar-refractivity contribution in [3.8, 4) is 0 Å². The fourth-order valence-electron chi connectivity index (χ4n) is 2.04. The van der Waals surface area contributed by atoms with Crippen molar-refractivity contribution < 1.29 is 8.42 Å². The predicted molar refractivity (Wildman–Crippen MR) is 79.0 cm³/mol. The van der Waals surface area contributed by atoms with Crippen molar-refractivity contribution >= 4 is 48.9 Å². The van der Waals surface area contributed by atoms with E-state index in [1.807, 2.05) is 6.92 Å². The van der Waals surface area contributed by atoms with Gasteiger partial charge in [-0.25, -0.2) is 13.1 Å². The Morgan fingerprint density at radius 2 is 2.11 bits per heavy atom. The lowest BCUT2D eigenvalue weighted by molar-refractivity contribution is 0.418. The third-order valence-electron chi connectivity index (χ3n) is 3.09. The highest BCUT2D eigenvalue weighted by atomic mass is 79.9. The van der Waals surface area contributed by atoms with Crippen LogP contribution < -0.4 is 4.72 Å². The van der Waals surface area contributed by atoms with Crippen molar-refractivity contribution in [2.24, 2.45) is 0 Å². The molecule has 1 aliphatic carbocycles. The first-order valence-electron chi connectivity index (χ1n) is 5.82. The molecule has 2 atom stereocenters. The summed E-state index contributed by atoms with van der Waals surface area (Å²) < 4.78 is 28.4. The van der Waals surface area contributed by atoms with Crippen molar-refractivity contribution in [2.45, 2.75) is 48.2 Å². The van der Waals surface area contributed by atoms with E-state index in [9.17, 15) is 8.42 Å². The first kappa shape index (κ1) is 14.8. The number of aryl methyl sites for hydroxylation is 1. The zero-order chi connectivity index (χ0) is 13.3. The van der Waals surface area contributed by atoms with Gasteiger partial charge in [0.1, 0.15) is 4.21 Å². The molecule has 0 bridgehead atoms. The molecule has 0 spiro atoms. The SMILES string of the molecule is Cc1cc(S(=O)(=O)NC2CCCCC2Cl)sc1Br. The molecule has 1 aliphatic rings. The highest BCUT2D eigenvalue weighted by molar-refractivity contribution is 9.11.